The SMILES string of the molecule is C[C@@H](C#N)OC(=O)CN1C(=O)N[C@](C)(c2ccccc2)C1=O. The molecule has 114 valence electrons. The van der Waals surface area contributed by atoms with Crippen molar-refractivity contribution in [2.24, 2.45) is 0 Å². The summed E-state index contributed by atoms with van der Waals surface area (Å²) >= 11 is 0. The molecule has 1 aromatic carbocycles. The molecule has 3 amide bonds. The Hall–Kier alpha value is -2.88. The molecule has 0 unspecified atom stereocenters. The summed E-state index contributed by atoms with van der Waals surface area (Å²) in [6.07, 6.45) is -0.936. The second-order valence-electron chi connectivity index (χ2n) is 5.07. The number of ether oxygens (including phenoxy) is 1. The maximum atomic E-state index is 12.5. The van der Waals surface area contributed by atoms with Crippen LogP contribution in [0.5, 0.6) is 0 Å². The van der Waals surface area contributed by atoms with Gasteiger partial charge in [-0.3, -0.25) is 14.5 Å². The average Bonchev–Trinajstić information content (AvgIpc) is 2.72. The third-order valence-electron chi connectivity index (χ3n) is 3.40. The van der Waals surface area contributed by atoms with Crippen LogP contribution in [0.4, 0.5) is 4.79 Å². The monoisotopic (exact) mass is 301 g/mol. The highest BCUT2D eigenvalue weighted by Gasteiger charge is 2.49. The van der Waals surface area contributed by atoms with Crippen LogP contribution >= 0.6 is 0 Å². The molecule has 7 nitrogen and oxygen atoms in total. The quantitative estimate of drug-likeness (QED) is 0.658. The van der Waals surface area contributed by atoms with E-state index in [4.69, 9.17) is 10.00 Å². The number of carbonyl (C=O) groups is 3. The molecule has 1 aliphatic rings. The Morgan fingerprint density at radius 3 is 2.64 bits per heavy atom. The highest BCUT2D eigenvalue weighted by atomic mass is 16.5. The van der Waals surface area contributed by atoms with E-state index in [1.54, 1.807) is 43.3 Å². The van der Waals surface area contributed by atoms with Crippen molar-refractivity contribution < 1.29 is 19.1 Å². The zero-order chi connectivity index (χ0) is 16.3. The van der Waals surface area contributed by atoms with E-state index >= 15 is 0 Å². The fraction of sp³-hybridized carbons (Fsp3) is 0.333. The number of esters is 1. The molecule has 2 rings (SSSR count). The Bertz CT molecular complexity index is 653. The van der Waals surface area contributed by atoms with E-state index in [1.165, 1.54) is 6.92 Å². The van der Waals surface area contributed by atoms with Gasteiger partial charge < -0.3 is 10.1 Å². The summed E-state index contributed by atoms with van der Waals surface area (Å²) in [7, 11) is 0. The Labute approximate surface area is 127 Å². The topological polar surface area (TPSA) is 99.5 Å². The van der Waals surface area contributed by atoms with Gasteiger partial charge in [-0.2, -0.15) is 5.26 Å². The average molecular weight is 301 g/mol. The molecular weight excluding hydrogens is 286 g/mol. The number of carbonyl (C=O) groups excluding carboxylic acids is 3. The summed E-state index contributed by atoms with van der Waals surface area (Å²) in [6, 6.07) is 9.82. The summed E-state index contributed by atoms with van der Waals surface area (Å²) in [6.45, 7) is 2.45. The van der Waals surface area contributed by atoms with E-state index in [0.29, 0.717) is 5.56 Å². The Morgan fingerprint density at radius 2 is 2.05 bits per heavy atom. The summed E-state index contributed by atoms with van der Waals surface area (Å²) in [5.74, 6) is -1.35. The van der Waals surface area contributed by atoms with Crippen molar-refractivity contribution in [1.29, 1.82) is 5.26 Å². The first-order valence-electron chi connectivity index (χ1n) is 6.67. The summed E-state index contributed by atoms with van der Waals surface area (Å²) < 4.78 is 4.76. The van der Waals surface area contributed by atoms with E-state index in [2.05, 4.69) is 5.32 Å². The number of nitrogens with zero attached hydrogens (tertiary/aromatic N) is 2. The number of hydrogen-bond acceptors (Lipinski definition) is 5. The first-order chi connectivity index (χ1) is 10.4. The molecule has 0 bridgehead atoms. The van der Waals surface area contributed by atoms with Gasteiger partial charge in [0.25, 0.3) is 5.91 Å². The smallest absolute Gasteiger partial charge is 0.327 e. The number of imide groups is 1. The van der Waals surface area contributed by atoms with Crippen LogP contribution in [0.15, 0.2) is 30.3 Å². The van der Waals surface area contributed by atoms with Gasteiger partial charge in [-0.1, -0.05) is 30.3 Å². The molecule has 22 heavy (non-hydrogen) atoms. The van der Waals surface area contributed by atoms with Crippen LogP contribution in [0.3, 0.4) is 0 Å². The van der Waals surface area contributed by atoms with Crippen molar-refractivity contribution in [3.63, 3.8) is 0 Å². The Balaban J connectivity index is 2.16. The van der Waals surface area contributed by atoms with E-state index in [0.717, 1.165) is 4.90 Å². The Kier molecular flexibility index (Phi) is 4.13. The number of amides is 3. The molecule has 0 radical (unpaired) electrons. The van der Waals surface area contributed by atoms with Crippen molar-refractivity contribution in [2.45, 2.75) is 25.5 Å². The third kappa shape index (κ3) is 2.76. The number of nitrogens with one attached hydrogen (secondary N) is 1. The van der Waals surface area contributed by atoms with Gasteiger partial charge in [0.15, 0.2) is 6.10 Å². The maximum Gasteiger partial charge on any atom is 0.327 e. The van der Waals surface area contributed by atoms with Crippen LogP contribution in [0.1, 0.15) is 19.4 Å². The van der Waals surface area contributed by atoms with E-state index < -0.39 is 36.1 Å². The van der Waals surface area contributed by atoms with Crippen molar-refractivity contribution in [2.75, 3.05) is 6.54 Å². The fourth-order valence-electron chi connectivity index (χ4n) is 2.20. The van der Waals surface area contributed by atoms with Gasteiger partial charge in [0.1, 0.15) is 18.2 Å². The predicted octanol–water partition coefficient (Wildman–Crippen LogP) is 0.909. The molecule has 1 aromatic rings. The second-order valence-corrected chi connectivity index (χ2v) is 5.07. The molecule has 0 aromatic heterocycles. The third-order valence-corrected chi connectivity index (χ3v) is 3.40. The maximum absolute atomic E-state index is 12.5. The summed E-state index contributed by atoms with van der Waals surface area (Å²) in [5, 5.41) is 11.2. The van der Waals surface area contributed by atoms with Crippen molar-refractivity contribution >= 4 is 17.9 Å². The van der Waals surface area contributed by atoms with Crippen LogP contribution in [0, 0.1) is 11.3 Å². The van der Waals surface area contributed by atoms with Crippen LogP contribution in [-0.4, -0.2) is 35.5 Å². The van der Waals surface area contributed by atoms with Crippen LogP contribution in [0.2, 0.25) is 0 Å². The van der Waals surface area contributed by atoms with Gasteiger partial charge in [-0.05, 0) is 19.4 Å². The van der Waals surface area contributed by atoms with Crippen molar-refractivity contribution in [1.82, 2.24) is 10.2 Å². The van der Waals surface area contributed by atoms with Gasteiger partial charge in [0.2, 0.25) is 0 Å². The van der Waals surface area contributed by atoms with Gasteiger partial charge in [-0.15, -0.1) is 0 Å². The van der Waals surface area contributed by atoms with Gasteiger partial charge in [-0.25, -0.2) is 4.79 Å². The number of urea groups is 1. The standard InChI is InChI=1S/C15H15N3O4/c1-10(8-16)22-12(19)9-18-13(20)15(2,17-14(18)21)11-6-4-3-5-7-11/h3-7,10H,9H2,1-2H3,(H,17,21)/t10-,15+/m0/s1. The highest BCUT2D eigenvalue weighted by Crippen LogP contribution is 2.28. The predicted molar refractivity (Wildman–Crippen MR) is 75.2 cm³/mol. The minimum absolute atomic E-state index is 0.529. The molecule has 1 fully saturated rings. The van der Waals surface area contributed by atoms with Crippen molar-refractivity contribution in [3.05, 3.63) is 35.9 Å². The first kappa shape index (κ1) is 15.5. The zero-order valence-corrected chi connectivity index (χ0v) is 12.2. The van der Waals surface area contributed by atoms with Crippen LogP contribution in [0.25, 0.3) is 0 Å². The van der Waals surface area contributed by atoms with Crippen molar-refractivity contribution in [3.8, 4) is 6.07 Å². The first-order valence-corrected chi connectivity index (χ1v) is 6.67. The van der Waals surface area contributed by atoms with Gasteiger partial charge in [0.05, 0.1) is 0 Å². The molecular formula is C15H15N3O4. The van der Waals surface area contributed by atoms with Crippen LogP contribution in [-0.2, 0) is 19.9 Å². The lowest BCUT2D eigenvalue weighted by Crippen LogP contribution is -2.41. The fourth-order valence-corrected chi connectivity index (χ4v) is 2.20. The van der Waals surface area contributed by atoms with E-state index in [1.807, 2.05) is 0 Å². The summed E-state index contributed by atoms with van der Waals surface area (Å²) in [5.41, 5.74) is -0.603. The van der Waals surface area contributed by atoms with Crippen LogP contribution < -0.4 is 5.32 Å². The minimum atomic E-state index is -1.22. The van der Waals surface area contributed by atoms with Gasteiger partial charge >= 0.3 is 12.0 Å². The van der Waals surface area contributed by atoms with E-state index in [9.17, 15) is 14.4 Å². The second kappa shape index (κ2) is 5.85. The highest BCUT2D eigenvalue weighted by molar-refractivity contribution is 6.08. The molecule has 0 spiro atoms. The molecule has 1 N–H and O–H groups in total. The molecule has 7 heteroatoms. The summed E-state index contributed by atoms with van der Waals surface area (Å²) in [4.78, 5) is 36.9. The number of rotatable bonds is 4. The lowest BCUT2D eigenvalue weighted by Gasteiger charge is -2.22. The molecule has 0 saturated carbocycles. The van der Waals surface area contributed by atoms with Gasteiger partial charge in [0, 0.05) is 0 Å². The largest absolute Gasteiger partial charge is 0.446 e. The normalized spacial score (nSPS) is 22.0. The zero-order valence-electron chi connectivity index (χ0n) is 12.2. The number of benzene rings is 1. The van der Waals surface area contributed by atoms with E-state index in [-0.39, 0.29) is 0 Å². The lowest BCUT2D eigenvalue weighted by molar-refractivity contribution is -0.149. The number of hydrogen-bond donors (Lipinski definition) is 1. The molecule has 0 aliphatic carbocycles. The lowest BCUT2D eigenvalue weighted by atomic mass is 9.92. The number of nitriles is 1. The minimum Gasteiger partial charge on any atom is -0.446 e. The molecule has 1 heterocycles. The molecule has 1 aliphatic heterocycles. The molecule has 2 atom stereocenters. The Morgan fingerprint density at radius 1 is 1.41 bits per heavy atom. The molecule has 1 saturated heterocycles.